The topological polar surface area (TPSA) is 90.0 Å². The van der Waals surface area contributed by atoms with E-state index in [4.69, 9.17) is 4.74 Å². The van der Waals surface area contributed by atoms with Crippen molar-refractivity contribution in [2.24, 2.45) is 0 Å². The molecule has 0 aliphatic heterocycles. The predicted octanol–water partition coefficient (Wildman–Crippen LogP) is 7.52. The molecule has 0 unspecified atom stereocenters. The molecule has 0 radical (unpaired) electrons. The number of nitrogens with zero attached hydrogens (tertiary/aromatic N) is 3. The van der Waals surface area contributed by atoms with Gasteiger partial charge >= 0.3 is 18.2 Å². The summed E-state index contributed by atoms with van der Waals surface area (Å²) in [5.41, 5.74) is -0.0223. The molecule has 0 atom stereocenters. The molecule has 2 heterocycles. The fraction of sp³-hybridized carbons (Fsp3) is 0.125. The maximum Gasteiger partial charge on any atom is 0.573 e. The fourth-order valence-electron chi connectivity index (χ4n) is 4.18. The Morgan fingerprint density at radius 2 is 1.41 bits per heavy atom. The quantitative estimate of drug-likeness (QED) is 0.150. The molecule has 0 aliphatic carbocycles. The van der Waals surface area contributed by atoms with Crippen LogP contribution in [0.25, 0.3) is 22.8 Å². The van der Waals surface area contributed by atoms with Crippen LogP contribution in [-0.2, 0) is 12.8 Å². The van der Waals surface area contributed by atoms with Crippen LogP contribution in [0.1, 0.15) is 28.1 Å². The Labute approximate surface area is 263 Å². The van der Waals surface area contributed by atoms with Gasteiger partial charge in [-0.3, -0.25) is 9.97 Å². The van der Waals surface area contributed by atoms with Crippen LogP contribution in [0, 0.1) is 18.8 Å². The molecule has 14 heteroatoms. The summed E-state index contributed by atoms with van der Waals surface area (Å²) in [5.74, 6) is 4.57. The molecule has 46 heavy (non-hydrogen) atoms. The van der Waals surface area contributed by atoms with Crippen molar-refractivity contribution in [3.05, 3.63) is 123 Å². The Bertz CT molecular complexity index is 1950. The Morgan fingerprint density at radius 1 is 0.783 bits per heavy atom. The van der Waals surface area contributed by atoms with Gasteiger partial charge in [-0.2, -0.15) is 18.2 Å². The van der Waals surface area contributed by atoms with E-state index in [1.807, 2.05) is 0 Å². The van der Waals surface area contributed by atoms with Crippen molar-refractivity contribution in [2.75, 3.05) is 0 Å². The molecule has 0 aliphatic rings. The molecule has 5 rings (SSSR count). The van der Waals surface area contributed by atoms with Crippen LogP contribution in [-0.4, -0.2) is 26.3 Å². The summed E-state index contributed by atoms with van der Waals surface area (Å²) in [6.07, 6.45) is -9.61. The second-order valence-electron chi connectivity index (χ2n) is 9.46. The average Bonchev–Trinajstić information content (AvgIpc) is 2.98. The molecule has 0 spiro atoms. The third kappa shape index (κ3) is 8.64. The molecule has 7 nitrogen and oxygen atoms in total. The van der Waals surface area contributed by atoms with E-state index in [1.54, 1.807) is 37.3 Å². The number of nitrogens with one attached hydrogen (secondary N) is 1. The van der Waals surface area contributed by atoms with Crippen LogP contribution in [0.5, 0.6) is 11.5 Å². The molecular formula is C32H21ClF6N4O3. The largest absolute Gasteiger partial charge is 0.573 e. The van der Waals surface area contributed by atoms with Gasteiger partial charge in [0.05, 0.1) is 16.8 Å². The molecule has 1 N–H and O–H groups in total. The van der Waals surface area contributed by atoms with E-state index < -0.39 is 35.2 Å². The number of H-pyrrole nitrogens is 1. The maximum atomic E-state index is 14.1. The minimum absolute atomic E-state index is 0. The lowest BCUT2D eigenvalue weighted by Gasteiger charge is -2.17. The number of pyridine rings is 1. The number of hydrogen-bond acceptors (Lipinski definition) is 6. The van der Waals surface area contributed by atoms with Gasteiger partial charge in [-0.05, 0) is 79.7 Å². The van der Waals surface area contributed by atoms with Gasteiger partial charge in [0.2, 0.25) is 0 Å². The third-order valence-corrected chi connectivity index (χ3v) is 6.12. The minimum atomic E-state index is -4.81. The van der Waals surface area contributed by atoms with E-state index in [0.29, 0.717) is 28.1 Å². The van der Waals surface area contributed by atoms with E-state index >= 15 is 0 Å². The number of benzene rings is 3. The van der Waals surface area contributed by atoms with Crippen LogP contribution in [0.4, 0.5) is 26.3 Å². The van der Waals surface area contributed by atoms with Gasteiger partial charge in [0.15, 0.2) is 5.82 Å². The first-order chi connectivity index (χ1) is 21.3. The Balaban J connectivity index is 0.00000480. The first-order valence-electron chi connectivity index (χ1n) is 13.1. The Hall–Kier alpha value is -5.35. The molecule has 5 aromatic rings. The van der Waals surface area contributed by atoms with Gasteiger partial charge in [0.1, 0.15) is 23.9 Å². The van der Waals surface area contributed by atoms with Crippen molar-refractivity contribution in [1.29, 1.82) is 0 Å². The molecule has 0 saturated heterocycles. The summed E-state index contributed by atoms with van der Waals surface area (Å²) in [5, 5.41) is 0. The summed E-state index contributed by atoms with van der Waals surface area (Å²) in [4.78, 5) is 27.2. The number of aromatic amines is 1. The number of halogens is 7. The summed E-state index contributed by atoms with van der Waals surface area (Å²) in [6, 6.07) is 19.8. The van der Waals surface area contributed by atoms with Gasteiger partial charge in [-0.15, -0.1) is 25.6 Å². The summed E-state index contributed by atoms with van der Waals surface area (Å²) in [6.45, 7) is 1.64. The monoisotopic (exact) mass is 658 g/mol. The fourth-order valence-corrected chi connectivity index (χ4v) is 4.18. The van der Waals surface area contributed by atoms with Crippen molar-refractivity contribution >= 4 is 12.4 Å². The lowest BCUT2D eigenvalue weighted by molar-refractivity contribution is -0.274. The van der Waals surface area contributed by atoms with Crippen LogP contribution >= 0.6 is 12.4 Å². The third-order valence-electron chi connectivity index (χ3n) is 6.12. The molecule has 2 aromatic heterocycles. The molecule has 0 amide bonds. The Morgan fingerprint density at radius 3 is 2.02 bits per heavy atom. The highest BCUT2D eigenvalue weighted by atomic mass is 35.5. The second kappa shape index (κ2) is 13.7. The van der Waals surface area contributed by atoms with Gasteiger partial charge in [0.25, 0.3) is 0 Å². The van der Waals surface area contributed by atoms with E-state index in [2.05, 4.69) is 36.5 Å². The molecule has 3 aromatic carbocycles. The number of ether oxygens (including phenoxy) is 2. The molecular weight excluding hydrogens is 638 g/mol. The van der Waals surface area contributed by atoms with Crippen molar-refractivity contribution in [3.8, 4) is 46.1 Å². The smallest absolute Gasteiger partial charge is 0.487 e. The van der Waals surface area contributed by atoms with Gasteiger partial charge in [-0.25, -0.2) is 9.78 Å². The standard InChI is InChI=1S/C32H20F6N4O3.ClH/c1-19-4-2-5-23(39-19)18-44-26-7-3-6-25(31(33,34)35)27(26)29-40-28(41-30(43)42-29)22-14-10-20(11-15-22)8-9-21-12-16-24(17-13-21)45-32(36,37)38;/h2-7,10-17H,18H2,1H3,(H,40,41,42,43);1H. The summed E-state index contributed by atoms with van der Waals surface area (Å²) >= 11 is 0. The predicted molar refractivity (Wildman–Crippen MR) is 158 cm³/mol. The lowest BCUT2D eigenvalue weighted by atomic mass is 10.0. The highest BCUT2D eigenvalue weighted by molar-refractivity contribution is 5.85. The molecule has 0 bridgehead atoms. The van der Waals surface area contributed by atoms with Crippen LogP contribution < -0.4 is 15.2 Å². The van der Waals surface area contributed by atoms with Crippen molar-refractivity contribution in [2.45, 2.75) is 26.1 Å². The second-order valence-corrected chi connectivity index (χ2v) is 9.46. The van der Waals surface area contributed by atoms with E-state index in [-0.39, 0.29) is 36.3 Å². The number of rotatable bonds is 6. The van der Waals surface area contributed by atoms with E-state index in [1.165, 1.54) is 36.4 Å². The number of aryl methyl sites for hydroxylation is 1. The minimum Gasteiger partial charge on any atom is -0.487 e. The number of hydrogen-bond donors (Lipinski definition) is 1. The summed E-state index contributed by atoms with van der Waals surface area (Å²) in [7, 11) is 0. The molecule has 0 saturated carbocycles. The lowest BCUT2D eigenvalue weighted by Crippen LogP contribution is -2.17. The van der Waals surface area contributed by atoms with Crippen LogP contribution in [0.15, 0.2) is 89.7 Å². The zero-order chi connectivity index (χ0) is 32.2. The summed E-state index contributed by atoms with van der Waals surface area (Å²) < 4.78 is 89.0. The highest BCUT2D eigenvalue weighted by Crippen LogP contribution is 2.41. The van der Waals surface area contributed by atoms with Gasteiger partial charge < -0.3 is 9.47 Å². The SMILES string of the molecule is Cc1cccc(COc2cccc(C(F)(F)F)c2-c2nc(-c3ccc(C#Cc4ccc(OC(F)(F)F)cc4)cc3)nc(=O)[nH]2)n1.Cl. The zero-order valence-electron chi connectivity index (χ0n) is 23.5. The zero-order valence-corrected chi connectivity index (χ0v) is 24.3. The molecule has 0 fully saturated rings. The van der Waals surface area contributed by atoms with E-state index in [0.717, 1.165) is 18.2 Å². The average molecular weight is 659 g/mol. The van der Waals surface area contributed by atoms with Crippen molar-refractivity contribution in [3.63, 3.8) is 0 Å². The molecule has 236 valence electrons. The number of aromatic nitrogens is 4. The first-order valence-corrected chi connectivity index (χ1v) is 13.1. The maximum absolute atomic E-state index is 14.1. The first kappa shape index (κ1) is 33.5. The number of alkyl halides is 6. The van der Waals surface area contributed by atoms with Crippen LogP contribution in [0.2, 0.25) is 0 Å². The highest BCUT2D eigenvalue weighted by Gasteiger charge is 2.36. The van der Waals surface area contributed by atoms with Crippen LogP contribution in [0.3, 0.4) is 0 Å². The van der Waals surface area contributed by atoms with Gasteiger partial charge in [0, 0.05) is 22.4 Å². The van der Waals surface area contributed by atoms with Crippen molar-refractivity contribution < 1.29 is 35.8 Å². The van der Waals surface area contributed by atoms with E-state index in [9.17, 15) is 31.1 Å². The Kier molecular flexibility index (Phi) is 10.0. The normalized spacial score (nSPS) is 11.2. The van der Waals surface area contributed by atoms with Crippen molar-refractivity contribution in [1.82, 2.24) is 19.9 Å². The van der Waals surface area contributed by atoms with Gasteiger partial charge in [-0.1, -0.05) is 24.0 Å².